The Hall–Kier alpha value is -2.22. The van der Waals surface area contributed by atoms with E-state index in [9.17, 15) is 4.79 Å². The van der Waals surface area contributed by atoms with Crippen molar-refractivity contribution in [3.05, 3.63) is 64.1 Å². The van der Waals surface area contributed by atoms with Crippen LogP contribution in [-0.4, -0.2) is 38.8 Å². The molecule has 0 aliphatic heterocycles. The number of aromatic nitrogens is 3. The SMILES string of the molecule is CCN(CC)C(=O)[C@H](Sc1nnc(-c2ccc(Cl)cc2Cl)n1N)c1ccccc1. The van der Waals surface area contributed by atoms with Crippen LogP contribution >= 0.6 is 35.0 Å². The van der Waals surface area contributed by atoms with Crippen LogP contribution in [0, 0.1) is 0 Å². The number of rotatable bonds is 7. The maximum Gasteiger partial charge on any atom is 0.240 e. The van der Waals surface area contributed by atoms with Crippen molar-refractivity contribution in [3.8, 4) is 11.4 Å². The van der Waals surface area contributed by atoms with Gasteiger partial charge in [-0.2, -0.15) is 0 Å². The lowest BCUT2D eigenvalue weighted by Crippen LogP contribution is -2.34. The van der Waals surface area contributed by atoms with E-state index in [0.29, 0.717) is 39.7 Å². The molecule has 0 fully saturated rings. The Kier molecular flexibility index (Phi) is 7.05. The molecule has 1 heterocycles. The average Bonchev–Trinajstić information content (AvgIpc) is 3.07. The number of nitrogens with zero attached hydrogens (tertiary/aromatic N) is 4. The molecular weight excluding hydrogens is 429 g/mol. The van der Waals surface area contributed by atoms with Gasteiger partial charge in [-0.25, -0.2) is 4.68 Å². The topological polar surface area (TPSA) is 77.0 Å². The fourth-order valence-corrected chi connectivity index (χ4v) is 4.44. The molecule has 1 amide bonds. The van der Waals surface area contributed by atoms with Crippen molar-refractivity contribution < 1.29 is 4.79 Å². The van der Waals surface area contributed by atoms with Gasteiger partial charge in [-0.3, -0.25) is 4.79 Å². The Morgan fingerprint density at radius 2 is 1.83 bits per heavy atom. The summed E-state index contributed by atoms with van der Waals surface area (Å²) in [5.41, 5.74) is 1.49. The lowest BCUT2D eigenvalue weighted by Gasteiger charge is -2.24. The van der Waals surface area contributed by atoms with Gasteiger partial charge in [-0.05, 0) is 37.6 Å². The molecule has 1 aromatic heterocycles. The third-order valence-corrected chi connectivity index (χ3v) is 6.21. The van der Waals surface area contributed by atoms with Crippen molar-refractivity contribution >= 4 is 40.9 Å². The molecule has 0 aliphatic rings. The highest BCUT2D eigenvalue weighted by Crippen LogP contribution is 2.37. The van der Waals surface area contributed by atoms with Gasteiger partial charge < -0.3 is 10.7 Å². The molecule has 1 atom stereocenters. The minimum atomic E-state index is -0.490. The smallest absolute Gasteiger partial charge is 0.240 e. The van der Waals surface area contributed by atoms with Crippen molar-refractivity contribution in [3.63, 3.8) is 0 Å². The largest absolute Gasteiger partial charge is 0.342 e. The Balaban J connectivity index is 1.96. The van der Waals surface area contributed by atoms with Crippen LogP contribution in [0.15, 0.2) is 53.7 Å². The van der Waals surface area contributed by atoms with E-state index in [2.05, 4.69) is 10.2 Å². The second-order valence-electron chi connectivity index (χ2n) is 6.22. The summed E-state index contributed by atoms with van der Waals surface area (Å²) in [5, 5.41) is 9.25. The third kappa shape index (κ3) is 4.69. The number of likely N-dealkylation sites (N-methyl/N-ethyl adjacent to an activating group) is 1. The van der Waals surface area contributed by atoms with Crippen molar-refractivity contribution in [2.24, 2.45) is 0 Å². The Morgan fingerprint density at radius 3 is 2.45 bits per heavy atom. The number of nitrogens with two attached hydrogens (primary N) is 1. The van der Waals surface area contributed by atoms with E-state index in [1.54, 1.807) is 23.1 Å². The molecule has 29 heavy (non-hydrogen) atoms. The second kappa shape index (κ2) is 9.52. The van der Waals surface area contributed by atoms with Gasteiger partial charge in [0.2, 0.25) is 11.1 Å². The van der Waals surface area contributed by atoms with Crippen LogP contribution in [0.5, 0.6) is 0 Å². The molecule has 0 aliphatic carbocycles. The molecule has 2 aromatic carbocycles. The quantitative estimate of drug-likeness (QED) is 0.418. The molecule has 0 saturated heterocycles. The van der Waals surface area contributed by atoms with Crippen molar-refractivity contribution in [2.45, 2.75) is 24.3 Å². The van der Waals surface area contributed by atoms with Crippen LogP contribution in [0.25, 0.3) is 11.4 Å². The Bertz CT molecular complexity index is 992. The number of amides is 1. The molecule has 0 unspecified atom stereocenters. The van der Waals surface area contributed by atoms with Gasteiger partial charge in [0.05, 0.1) is 5.02 Å². The summed E-state index contributed by atoms with van der Waals surface area (Å²) < 4.78 is 1.35. The van der Waals surface area contributed by atoms with Gasteiger partial charge in [0.25, 0.3) is 0 Å². The monoisotopic (exact) mass is 449 g/mol. The summed E-state index contributed by atoms with van der Waals surface area (Å²) in [6.45, 7) is 5.17. The summed E-state index contributed by atoms with van der Waals surface area (Å²) in [7, 11) is 0. The summed E-state index contributed by atoms with van der Waals surface area (Å²) in [6.07, 6.45) is 0. The van der Waals surface area contributed by atoms with Crippen LogP contribution in [-0.2, 0) is 4.79 Å². The first-order valence-electron chi connectivity index (χ1n) is 9.12. The lowest BCUT2D eigenvalue weighted by atomic mass is 10.1. The molecule has 152 valence electrons. The second-order valence-corrected chi connectivity index (χ2v) is 8.14. The van der Waals surface area contributed by atoms with Crippen molar-refractivity contribution in [1.82, 2.24) is 19.8 Å². The van der Waals surface area contributed by atoms with Gasteiger partial charge in [-0.15, -0.1) is 10.2 Å². The molecular formula is C20H21Cl2N5OS. The average molecular weight is 450 g/mol. The fraction of sp³-hybridized carbons (Fsp3) is 0.250. The number of nitrogen functional groups attached to an aromatic ring is 1. The fourth-order valence-electron chi connectivity index (χ4n) is 2.91. The molecule has 0 spiro atoms. The van der Waals surface area contributed by atoms with E-state index < -0.39 is 5.25 Å². The van der Waals surface area contributed by atoms with Crippen molar-refractivity contribution in [2.75, 3.05) is 18.9 Å². The zero-order valence-corrected chi connectivity index (χ0v) is 18.4. The first-order valence-corrected chi connectivity index (χ1v) is 10.8. The van der Waals surface area contributed by atoms with E-state index in [1.807, 2.05) is 44.2 Å². The zero-order valence-electron chi connectivity index (χ0n) is 16.0. The van der Waals surface area contributed by atoms with Gasteiger partial charge in [0.15, 0.2) is 5.82 Å². The van der Waals surface area contributed by atoms with Gasteiger partial charge in [0, 0.05) is 23.7 Å². The maximum absolute atomic E-state index is 13.2. The van der Waals surface area contributed by atoms with E-state index in [0.717, 1.165) is 5.56 Å². The summed E-state index contributed by atoms with van der Waals surface area (Å²) in [4.78, 5) is 15.0. The molecule has 0 radical (unpaired) electrons. The standard InChI is InChI=1S/C20H21Cl2N5OS/c1-3-26(4-2)19(28)17(13-8-6-5-7-9-13)29-20-25-24-18(27(20)23)15-11-10-14(21)12-16(15)22/h5-12,17H,3-4,23H2,1-2H3/t17-/m1/s1. The molecule has 3 rings (SSSR count). The minimum absolute atomic E-state index is 0.000255. The van der Waals surface area contributed by atoms with E-state index in [4.69, 9.17) is 29.0 Å². The predicted octanol–water partition coefficient (Wildman–Crippen LogP) is 4.67. The molecule has 9 heteroatoms. The highest BCUT2D eigenvalue weighted by molar-refractivity contribution is 8.00. The molecule has 3 aromatic rings. The summed E-state index contributed by atoms with van der Waals surface area (Å²) in [5.74, 6) is 6.66. The summed E-state index contributed by atoms with van der Waals surface area (Å²) >= 11 is 13.5. The normalized spacial score (nSPS) is 12.0. The van der Waals surface area contributed by atoms with Crippen LogP contribution in [0.2, 0.25) is 10.0 Å². The van der Waals surface area contributed by atoms with Crippen LogP contribution in [0.4, 0.5) is 0 Å². The summed E-state index contributed by atoms with van der Waals surface area (Å²) in [6, 6.07) is 14.6. The minimum Gasteiger partial charge on any atom is -0.342 e. The third-order valence-electron chi connectivity index (χ3n) is 4.46. The van der Waals surface area contributed by atoms with E-state index >= 15 is 0 Å². The number of hydrogen-bond acceptors (Lipinski definition) is 5. The Morgan fingerprint density at radius 1 is 1.14 bits per heavy atom. The van der Waals surface area contributed by atoms with Crippen LogP contribution < -0.4 is 5.84 Å². The van der Waals surface area contributed by atoms with Gasteiger partial charge in [0.1, 0.15) is 5.25 Å². The van der Waals surface area contributed by atoms with E-state index in [1.165, 1.54) is 16.4 Å². The van der Waals surface area contributed by atoms with Gasteiger partial charge >= 0.3 is 0 Å². The maximum atomic E-state index is 13.2. The van der Waals surface area contributed by atoms with Crippen LogP contribution in [0.3, 0.4) is 0 Å². The highest BCUT2D eigenvalue weighted by Gasteiger charge is 2.28. The number of carbonyl (C=O) groups is 1. The highest BCUT2D eigenvalue weighted by atomic mass is 35.5. The first-order chi connectivity index (χ1) is 14.0. The van der Waals surface area contributed by atoms with E-state index in [-0.39, 0.29) is 5.91 Å². The number of hydrogen-bond donors (Lipinski definition) is 1. The molecule has 2 N–H and O–H groups in total. The van der Waals surface area contributed by atoms with Crippen molar-refractivity contribution in [1.29, 1.82) is 0 Å². The lowest BCUT2D eigenvalue weighted by molar-refractivity contribution is -0.130. The number of benzene rings is 2. The zero-order chi connectivity index (χ0) is 21.0. The van der Waals surface area contributed by atoms with Gasteiger partial charge in [-0.1, -0.05) is 65.3 Å². The Labute approximate surface area is 184 Å². The number of halogens is 2. The van der Waals surface area contributed by atoms with Crippen LogP contribution in [0.1, 0.15) is 24.7 Å². The number of carbonyl (C=O) groups excluding carboxylic acids is 1. The predicted molar refractivity (Wildman–Crippen MR) is 119 cm³/mol. The first kappa shape index (κ1) is 21.5. The molecule has 0 bridgehead atoms. The molecule has 6 nitrogen and oxygen atoms in total. The number of thioether (sulfide) groups is 1. The molecule has 0 saturated carbocycles.